The predicted molar refractivity (Wildman–Crippen MR) is 95.8 cm³/mol. The molecule has 1 saturated carbocycles. The largest absolute Gasteiger partial charge is 0.465 e. The van der Waals surface area contributed by atoms with Crippen LogP contribution in [0.15, 0.2) is 0 Å². The maximum absolute atomic E-state index is 12.8. The van der Waals surface area contributed by atoms with E-state index >= 15 is 0 Å². The van der Waals surface area contributed by atoms with Gasteiger partial charge in [0.1, 0.15) is 6.04 Å². The Morgan fingerprint density at radius 3 is 2.65 bits per heavy atom. The first-order valence-corrected chi connectivity index (χ1v) is 10.1. The summed E-state index contributed by atoms with van der Waals surface area (Å²) in [5.74, 6) is -0.0380. The molecule has 26 heavy (non-hydrogen) atoms. The van der Waals surface area contributed by atoms with E-state index in [9.17, 15) is 19.8 Å². The van der Waals surface area contributed by atoms with Gasteiger partial charge < -0.3 is 20.0 Å². The number of piperazine rings is 1. The molecule has 4 atom stereocenters. The summed E-state index contributed by atoms with van der Waals surface area (Å²) in [7, 11) is 0. The van der Waals surface area contributed by atoms with Gasteiger partial charge >= 0.3 is 6.09 Å². The van der Waals surface area contributed by atoms with Crippen LogP contribution in [0.5, 0.6) is 0 Å². The molecule has 4 aliphatic rings. The van der Waals surface area contributed by atoms with Crippen LogP contribution in [-0.2, 0) is 4.79 Å². The zero-order valence-corrected chi connectivity index (χ0v) is 15.6. The average Bonchev–Trinajstić information content (AvgIpc) is 3.39. The van der Waals surface area contributed by atoms with Crippen molar-refractivity contribution in [3.8, 4) is 0 Å². The zero-order valence-electron chi connectivity index (χ0n) is 15.6. The molecule has 3 saturated heterocycles. The van der Waals surface area contributed by atoms with Gasteiger partial charge in [-0.05, 0) is 63.8 Å². The quantitative estimate of drug-likeness (QED) is 0.789. The van der Waals surface area contributed by atoms with Crippen LogP contribution < -0.4 is 0 Å². The molecule has 0 aromatic carbocycles. The first-order chi connectivity index (χ1) is 12.4. The lowest BCUT2D eigenvalue weighted by Crippen LogP contribution is -2.65. The molecular formula is C19H31N3O4. The van der Waals surface area contributed by atoms with Crippen LogP contribution in [-0.4, -0.2) is 87.3 Å². The van der Waals surface area contributed by atoms with Crippen LogP contribution in [0.25, 0.3) is 0 Å². The Balaban J connectivity index is 1.36. The highest BCUT2D eigenvalue weighted by Crippen LogP contribution is 2.53. The Morgan fingerprint density at radius 2 is 2.00 bits per heavy atom. The molecular weight excluding hydrogens is 334 g/mol. The molecule has 3 aliphatic heterocycles. The van der Waals surface area contributed by atoms with Crippen molar-refractivity contribution < 1.29 is 19.8 Å². The van der Waals surface area contributed by atoms with Crippen molar-refractivity contribution in [3.63, 3.8) is 0 Å². The van der Waals surface area contributed by atoms with Crippen LogP contribution in [0.2, 0.25) is 0 Å². The van der Waals surface area contributed by atoms with E-state index in [1.807, 2.05) is 4.90 Å². The van der Waals surface area contributed by atoms with Gasteiger partial charge in [0.2, 0.25) is 5.91 Å². The number of piperidine rings is 2. The number of nitrogens with zero attached hydrogens (tertiary/aromatic N) is 3. The van der Waals surface area contributed by atoms with E-state index in [0.717, 1.165) is 51.7 Å². The molecule has 4 fully saturated rings. The molecule has 4 rings (SSSR count). The smallest absolute Gasteiger partial charge is 0.408 e. The second kappa shape index (κ2) is 6.68. The van der Waals surface area contributed by atoms with Gasteiger partial charge in [-0.25, -0.2) is 4.79 Å². The zero-order chi connectivity index (χ0) is 18.5. The number of β-amino-alcohol motifs (C(OH)–C–C–N with tert-alkyl or cyclic N) is 1. The highest BCUT2D eigenvalue weighted by Gasteiger charge is 2.51. The van der Waals surface area contributed by atoms with Crippen molar-refractivity contribution in [2.75, 3.05) is 26.2 Å². The van der Waals surface area contributed by atoms with E-state index in [0.29, 0.717) is 6.54 Å². The Kier molecular flexibility index (Phi) is 4.63. The number of carbonyl (C=O) groups is 2. The number of hydrogen-bond donors (Lipinski definition) is 2. The summed E-state index contributed by atoms with van der Waals surface area (Å²) in [5, 5.41) is 19.7. The van der Waals surface area contributed by atoms with Crippen molar-refractivity contribution in [2.24, 2.45) is 5.41 Å². The summed E-state index contributed by atoms with van der Waals surface area (Å²) >= 11 is 0. The summed E-state index contributed by atoms with van der Waals surface area (Å²) in [6.07, 6.45) is 6.11. The second-order valence-electron chi connectivity index (χ2n) is 8.81. The molecule has 0 aromatic rings. The van der Waals surface area contributed by atoms with Gasteiger partial charge in [0.05, 0.1) is 6.10 Å². The topological polar surface area (TPSA) is 84.3 Å². The minimum Gasteiger partial charge on any atom is -0.465 e. The molecule has 1 unspecified atom stereocenters. The van der Waals surface area contributed by atoms with Gasteiger partial charge in [-0.2, -0.15) is 0 Å². The van der Waals surface area contributed by atoms with Gasteiger partial charge in [-0.3, -0.25) is 9.69 Å². The summed E-state index contributed by atoms with van der Waals surface area (Å²) in [5.41, 5.74) is 0.227. The minimum atomic E-state index is -0.996. The van der Waals surface area contributed by atoms with E-state index in [4.69, 9.17) is 0 Å². The Hall–Kier alpha value is -1.34. The maximum Gasteiger partial charge on any atom is 0.408 e. The number of amides is 2. The number of aliphatic hydroxyl groups excluding tert-OH is 1. The minimum absolute atomic E-state index is 0.0234. The number of likely N-dealkylation sites (tertiary alicyclic amines) is 1. The molecule has 0 bridgehead atoms. The average molecular weight is 365 g/mol. The van der Waals surface area contributed by atoms with Gasteiger partial charge in [0, 0.05) is 31.7 Å². The van der Waals surface area contributed by atoms with Crippen LogP contribution in [0.3, 0.4) is 0 Å². The molecule has 7 heteroatoms. The lowest BCUT2D eigenvalue weighted by Gasteiger charge is -2.50. The summed E-state index contributed by atoms with van der Waals surface area (Å²) in [6, 6.07) is -0.361. The molecule has 0 aromatic heterocycles. The van der Waals surface area contributed by atoms with Crippen molar-refractivity contribution in [2.45, 2.75) is 76.1 Å². The SMILES string of the molecule is C[C@H]1C(=O)N2[C@@H](CCN3CCC4(CC4)C(O)C3)CCC[C@@H]2CN1C(=O)O. The van der Waals surface area contributed by atoms with Gasteiger partial charge in [0.25, 0.3) is 0 Å². The van der Waals surface area contributed by atoms with E-state index in [2.05, 4.69) is 4.90 Å². The number of fused-ring (bicyclic) bond motifs is 1. The van der Waals surface area contributed by atoms with Gasteiger partial charge in [0.15, 0.2) is 0 Å². The standard InChI is InChI=1S/C19H31N3O4/c1-13-17(24)22-14(3-2-4-15(22)11-21(13)18(25)26)5-9-20-10-8-19(6-7-19)16(23)12-20/h13-16,23H,2-12H2,1H3,(H,25,26)/t13-,14+,15+,16?/m0/s1. The van der Waals surface area contributed by atoms with Crippen molar-refractivity contribution >= 4 is 12.0 Å². The number of hydrogen-bond acceptors (Lipinski definition) is 4. The monoisotopic (exact) mass is 365 g/mol. The van der Waals surface area contributed by atoms with Crippen LogP contribution in [0.4, 0.5) is 4.79 Å². The van der Waals surface area contributed by atoms with E-state index in [1.165, 1.54) is 17.7 Å². The molecule has 1 aliphatic carbocycles. The van der Waals surface area contributed by atoms with Crippen molar-refractivity contribution in [3.05, 3.63) is 0 Å². The Bertz CT molecular complexity index is 579. The third kappa shape index (κ3) is 3.09. The van der Waals surface area contributed by atoms with E-state index < -0.39 is 12.1 Å². The van der Waals surface area contributed by atoms with Crippen LogP contribution in [0, 0.1) is 5.41 Å². The van der Waals surface area contributed by atoms with Crippen molar-refractivity contribution in [1.29, 1.82) is 0 Å². The number of carboxylic acid groups (broad SMARTS) is 1. The normalized spacial score (nSPS) is 36.9. The number of carbonyl (C=O) groups excluding carboxylic acids is 1. The highest BCUT2D eigenvalue weighted by atomic mass is 16.4. The second-order valence-corrected chi connectivity index (χ2v) is 8.81. The van der Waals surface area contributed by atoms with E-state index in [-0.39, 0.29) is 29.5 Å². The lowest BCUT2D eigenvalue weighted by molar-refractivity contribution is -0.150. The summed E-state index contributed by atoms with van der Waals surface area (Å²) in [6.45, 7) is 4.85. The van der Waals surface area contributed by atoms with Gasteiger partial charge in [-0.15, -0.1) is 0 Å². The predicted octanol–water partition coefficient (Wildman–Crippen LogP) is 1.36. The lowest BCUT2D eigenvalue weighted by atomic mass is 9.88. The molecule has 7 nitrogen and oxygen atoms in total. The highest BCUT2D eigenvalue weighted by molar-refractivity contribution is 5.86. The molecule has 0 radical (unpaired) electrons. The first kappa shape index (κ1) is 18.0. The third-order valence-corrected chi connectivity index (χ3v) is 7.33. The molecule has 2 N–H and O–H groups in total. The fraction of sp³-hybridized carbons (Fsp3) is 0.895. The summed E-state index contributed by atoms with van der Waals surface area (Å²) < 4.78 is 0. The fourth-order valence-electron chi connectivity index (χ4n) is 5.32. The molecule has 2 amide bonds. The third-order valence-electron chi connectivity index (χ3n) is 7.33. The molecule has 146 valence electrons. The maximum atomic E-state index is 12.8. The fourth-order valence-corrected chi connectivity index (χ4v) is 5.32. The van der Waals surface area contributed by atoms with Crippen LogP contribution >= 0.6 is 0 Å². The number of rotatable bonds is 3. The number of aliphatic hydroxyl groups is 1. The molecule has 1 spiro atoms. The summed E-state index contributed by atoms with van der Waals surface area (Å²) in [4.78, 5) is 29.9. The Morgan fingerprint density at radius 1 is 1.23 bits per heavy atom. The first-order valence-electron chi connectivity index (χ1n) is 10.1. The molecule has 3 heterocycles. The van der Waals surface area contributed by atoms with Crippen molar-refractivity contribution in [1.82, 2.24) is 14.7 Å². The van der Waals surface area contributed by atoms with Gasteiger partial charge in [-0.1, -0.05) is 0 Å². The van der Waals surface area contributed by atoms with E-state index in [1.54, 1.807) is 6.92 Å². The van der Waals surface area contributed by atoms with Crippen LogP contribution in [0.1, 0.15) is 51.9 Å². The Labute approximate surface area is 154 Å².